The van der Waals surface area contributed by atoms with Gasteiger partial charge in [-0.25, -0.2) is 4.68 Å². The molecule has 3 amide bonds. The number of aromatic nitrogens is 3. The van der Waals surface area contributed by atoms with E-state index in [2.05, 4.69) is 10.3 Å². The molecule has 5 atom stereocenters. The third-order valence-corrected chi connectivity index (χ3v) is 9.73. The van der Waals surface area contributed by atoms with Gasteiger partial charge in [-0.3, -0.25) is 14.4 Å². The number of rotatable bonds is 11. The lowest BCUT2D eigenvalue weighted by molar-refractivity contribution is -0.148. The van der Waals surface area contributed by atoms with Crippen LogP contribution in [-0.2, 0) is 25.8 Å². The minimum absolute atomic E-state index is 0.114. The van der Waals surface area contributed by atoms with Crippen LogP contribution in [0.2, 0.25) is 0 Å². The molecular formula is C35H40N6O6. The fourth-order valence-corrected chi connectivity index (χ4v) is 7.60. The van der Waals surface area contributed by atoms with Gasteiger partial charge in [0.05, 0.1) is 30.1 Å². The van der Waals surface area contributed by atoms with Gasteiger partial charge < -0.3 is 29.3 Å². The fraction of sp³-hybridized carbons (Fsp3) is 0.457. The number of amides is 3. The topological polar surface area (TPSA) is 130 Å². The lowest BCUT2D eigenvalue weighted by Crippen LogP contribution is -2.55. The Balaban J connectivity index is 1.22. The molecule has 1 aromatic heterocycles. The van der Waals surface area contributed by atoms with Crippen molar-refractivity contribution in [3.8, 4) is 5.75 Å². The van der Waals surface area contributed by atoms with Crippen molar-refractivity contribution in [1.82, 2.24) is 24.8 Å². The van der Waals surface area contributed by atoms with E-state index in [9.17, 15) is 19.5 Å². The van der Waals surface area contributed by atoms with Gasteiger partial charge in [-0.05, 0) is 56.2 Å². The van der Waals surface area contributed by atoms with Crippen molar-refractivity contribution < 1.29 is 29.0 Å². The van der Waals surface area contributed by atoms with E-state index in [1.807, 2.05) is 79.8 Å². The smallest absolute Gasteiger partial charge is 0.250 e. The number of likely N-dealkylation sites (tertiary alicyclic amines) is 1. The second kappa shape index (κ2) is 12.9. The van der Waals surface area contributed by atoms with E-state index >= 15 is 0 Å². The van der Waals surface area contributed by atoms with Crippen LogP contribution < -0.4 is 9.64 Å². The van der Waals surface area contributed by atoms with Crippen LogP contribution in [0.1, 0.15) is 32.6 Å². The molecule has 47 heavy (non-hydrogen) atoms. The van der Waals surface area contributed by atoms with Crippen LogP contribution in [0.4, 0.5) is 5.69 Å². The monoisotopic (exact) mass is 640 g/mol. The Kier molecular flexibility index (Phi) is 8.54. The van der Waals surface area contributed by atoms with Crippen LogP contribution in [0.25, 0.3) is 11.0 Å². The average Bonchev–Trinajstić information content (AvgIpc) is 3.63. The van der Waals surface area contributed by atoms with Crippen molar-refractivity contribution in [1.29, 1.82) is 0 Å². The number of hydrogen-bond donors (Lipinski definition) is 1. The SMILES string of the molecule is CCOc1ccc(N2CC=C[C@H]3O[C@]45C=CCN(Cn6nnc7ccccc76)C(=O)C4N(CCCCCCO)C(=O)[C@@H]5[C@H]3C2=O)cc1. The normalized spacial score (nSPS) is 26.9. The molecule has 1 spiro atoms. The highest BCUT2D eigenvalue weighted by Crippen LogP contribution is 2.53. The summed E-state index contributed by atoms with van der Waals surface area (Å²) in [5.41, 5.74) is 0.916. The van der Waals surface area contributed by atoms with Gasteiger partial charge in [-0.1, -0.05) is 54.5 Å². The molecule has 2 fully saturated rings. The fourth-order valence-electron chi connectivity index (χ4n) is 7.60. The maximum atomic E-state index is 14.6. The number of fused-ring (bicyclic) bond motifs is 3. The lowest BCUT2D eigenvalue weighted by atomic mass is 9.77. The summed E-state index contributed by atoms with van der Waals surface area (Å²) in [6.45, 7) is 3.69. The molecular weight excluding hydrogens is 600 g/mol. The molecule has 1 unspecified atom stereocenters. The zero-order valence-corrected chi connectivity index (χ0v) is 26.5. The molecule has 0 bridgehead atoms. The summed E-state index contributed by atoms with van der Waals surface area (Å²) >= 11 is 0. The van der Waals surface area contributed by atoms with Gasteiger partial charge in [0.15, 0.2) is 0 Å². The molecule has 7 rings (SSSR count). The van der Waals surface area contributed by atoms with E-state index in [1.165, 1.54) is 0 Å². The largest absolute Gasteiger partial charge is 0.494 e. The van der Waals surface area contributed by atoms with Crippen LogP contribution in [0.5, 0.6) is 5.75 Å². The van der Waals surface area contributed by atoms with E-state index in [1.54, 1.807) is 19.4 Å². The minimum Gasteiger partial charge on any atom is -0.494 e. The van der Waals surface area contributed by atoms with Gasteiger partial charge >= 0.3 is 0 Å². The quantitative estimate of drug-likeness (QED) is 0.250. The summed E-state index contributed by atoms with van der Waals surface area (Å²) in [7, 11) is 0. The third-order valence-electron chi connectivity index (χ3n) is 9.73. The minimum atomic E-state index is -1.31. The predicted octanol–water partition coefficient (Wildman–Crippen LogP) is 2.92. The Morgan fingerprint density at radius 1 is 0.957 bits per heavy atom. The second-order valence-electron chi connectivity index (χ2n) is 12.5. The van der Waals surface area contributed by atoms with Crippen molar-refractivity contribution in [2.75, 3.05) is 37.7 Å². The number of hydrogen-bond acceptors (Lipinski definition) is 8. The molecule has 4 aliphatic heterocycles. The number of aliphatic hydroxyl groups is 1. The summed E-state index contributed by atoms with van der Waals surface area (Å²) in [6.07, 6.45) is 9.81. The van der Waals surface area contributed by atoms with Crippen LogP contribution in [0.15, 0.2) is 72.8 Å². The van der Waals surface area contributed by atoms with E-state index in [0.29, 0.717) is 44.0 Å². The molecule has 5 heterocycles. The van der Waals surface area contributed by atoms with Gasteiger partial charge in [0.2, 0.25) is 11.8 Å². The van der Waals surface area contributed by atoms with Crippen LogP contribution >= 0.6 is 0 Å². The van der Waals surface area contributed by atoms with Gasteiger partial charge in [0.25, 0.3) is 5.91 Å². The number of carbonyl (C=O) groups is 3. The number of anilines is 1. The van der Waals surface area contributed by atoms with Crippen LogP contribution in [0.3, 0.4) is 0 Å². The van der Waals surface area contributed by atoms with Crippen molar-refractivity contribution in [3.63, 3.8) is 0 Å². The molecule has 1 N–H and O–H groups in total. The Morgan fingerprint density at radius 3 is 2.57 bits per heavy atom. The molecule has 2 saturated heterocycles. The molecule has 246 valence electrons. The van der Waals surface area contributed by atoms with Gasteiger partial charge in [-0.15, -0.1) is 5.10 Å². The Labute approximate surface area is 273 Å². The van der Waals surface area contributed by atoms with Crippen molar-refractivity contribution in [3.05, 3.63) is 72.8 Å². The summed E-state index contributed by atoms with van der Waals surface area (Å²) in [5.74, 6) is -1.67. The first-order valence-corrected chi connectivity index (χ1v) is 16.5. The first kappa shape index (κ1) is 31.1. The number of nitrogens with zero attached hydrogens (tertiary/aromatic N) is 6. The number of unbranched alkanes of at least 4 members (excludes halogenated alkanes) is 3. The summed E-state index contributed by atoms with van der Waals surface area (Å²) < 4.78 is 14.1. The molecule has 4 aliphatic rings. The van der Waals surface area contributed by atoms with Crippen LogP contribution in [-0.4, -0.2) is 98.2 Å². The van der Waals surface area contributed by atoms with Crippen molar-refractivity contribution >= 4 is 34.4 Å². The van der Waals surface area contributed by atoms with Crippen molar-refractivity contribution in [2.24, 2.45) is 11.8 Å². The molecule has 2 aromatic carbocycles. The van der Waals surface area contributed by atoms with E-state index in [-0.39, 0.29) is 37.5 Å². The maximum Gasteiger partial charge on any atom is 0.250 e. The highest BCUT2D eigenvalue weighted by atomic mass is 16.5. The molecule has 3 aromatic rings. The van der Waals surface area contributed by atoms with Crippen LogP contribution in [0, 0.1) is 11.8 Å². The summed E-state index contributed by atoms with van der Waals surface area (Å²) in [6, 6.07) is 14.0. The van der Waals surface area contributed by atoms with E-state index in [0.717, 1.165) is 23.9 Å². The molecule has 12 nitrogen and oxygen atoms in total. The Morgan fingerprint density at radius 2 is 1.77 bits per heavy atom. The average molecular weight is 641 g/mol. The number of para-hydroxylation sites is 1. The summed E-state index contributed by atoms with van der Waals surface area (Å²) in [5, 5.41) is 17.8. The lowest BCUT2D eigenvalue weighted by Gasteiger charge is -2.35. The van der Waals surface area contributed by atoms with E-state index < -0.39 is 29.6 Å². The second-order valence-corrected chi connectivity index (χ2v) is 12.5. The predicted molar refractivity (Wildman–Crippen MR) is 173 cm³/mol. The Hall–Kier alpha value is -4.55. The summed E-state index contributed by atoms with van der Waals surface area (Å²) in [4.78, 5) is 48.6. The molecule has 0 aliphatic carbocycles. The zero-order valence-electron chi connectivity index (χ0n) is 26.5. The number of carbonyl (C=O) groups excluding carboxylic acids is 3. The van der Waals surface area contributed by atoms with Gasteiger partial charge in [-0.2, -0.15) is 0 Å². The van der Waals surface area contributed by atoms with Crippen molar-refractivity contribution in [2.45, 2.75) is 57.0 Å². The molecule has 12 heteroatoms. The first-order valence-electron chi connectivity index (χ1n) is 16.5. The molecule has 0 radical (unpaired) electrons. The maximum absolute atomic E-state index is 14.6. The number of aliphatic hydroxyl groups excluding tert-OH is 1. The highest BCUT2D eigenvalue weighted by molar-refractivity contribution is 6.03. The first-order chi connectivity index (χ1) is 23.0. The van der Waals surface area contributed by atoms with Gasteiger partial charge in [0, 0.05) is 31.9 Å². The zero-order chi connectivity index (χ0) is 32.5. The molecule has 0 saturated carbocycles. The number of ether oxygens (including phenoxy) is 2. The number of benzene rings is 2. The van der Waals surface area contributed by atoms with Gasteiger partial charge in [0.1, 0.15) is 29.6 Å². The van der Waals surface area contributed by atoms with E-state index in [4.69, 9.17) is 9.47 Å². The standard InChI is InChI=1S/C35H40N6O6/c1-2-46-25-16-14-24(15-17-25)39-21-9-13-28-29(32(39)43)30-33(44)40(20-7-3-4-8-22-42)31-34(45)38(19-10-18-35(30,31)47-28)23-41-27-12-6-5-11-26(27)36-37-41/h5-6,9-18,28-31,42H,2-4,7-8,19-23H2,1H3/t28-,29+,30+,31?,35+/m1/s1. The highest BCUT2D eigenvalue weighted by Gasteiger charge is 2.71. The third kappa shape index (κ3) is 5.39. The Bertz CT molecular complexity index is 1700.